The standard InChI is InChI=1S/C17H25N5O3S/c1-4-8-26(24,25)21-7-5-6-15(21)17(23)20-14-9-13-10-19-22(12(2)3)16(13)18-11-14/h9-12,15H,4-8H2,1-3H3,(H,20,23)/t15-/m0/s1. The molecule has 0 aromatic carbocycles. The third kappa shape index (κ3) is 3.59. The van der Waals surface area contributed by atoms with Crippen LogP contribution in [0.3, 0.4) is 0 Å². The maximum Gasteiger partial charge on any atom is 0.242 e. The van der Waals surface area contributed by atoms with Gasteiger partial charge in [0.25, 0.3) is 0 Å². The Morgan fingerprint density at radius 2 is 2.15 bits per heavy atom. The average Bonchev–Trinajstić information content (AvgIpc) is 3.21. The maximum atomic E-state index is 12.7. The number of nitrogens with zero attached hydrogens (tertiary/aromatic N) is 4. The fourth-order valence-electron chi connectivity index (χ4n) is 3.32. The summed E-state index contributed by atoms with van der Waals surface area (Å²) < 4.78 is 27.9. The van der Waals surface area contributed by atoms with E-state index in [4.69, 9.17) is 0 Å². The van der Waals surface area contributed by atoms with Gasteiger partial charge < -0.3 is 5.32 Å². The fourth-order valence-corrected chi connectivity index (χ4v) is 5.07. The topological polar surface area (TPSA) is 97.2 Å². The second kappa shape index (κ2) is 7.32. The van der Waals surface area contributed by atoms with Gasteiger partial charge in [0.1, 0.15) is 6.04 Å². The minimum atomic E-state index is -3.39. The molecule has 8 nitrogen and oxygen atoms in total. The molecule has 2 aromatic rings. The summed E-state index contributed by atoms with van der Waals surface area (Å²) in [7, 11) is -3.39. The van der Waals surface area contributed by atoms with Crippen LogP contribution < -0.4 is 5.32 Å². The predicted octanol–water partition coefficient (Wildman–Crippen LogP) is 2.15. The molecule has 1 N–H and O–H groups in total. The Kier molecular flexibility index (Phi) is 5.29. The number of rotatable bonds is 6. The van der Waals surface area contributed by atoms with E-state index in [1.54, 1.807) is 12.4 Å². The molecule has 1 fully saturated rings. The molecule has 9 heteroatoms. The molecular weight excluding hydrogens is 354 g/mol. The van der Waals surface area contributed by atoms with Crippen LogP contribution in [0, 0.1) is 0 Å². The Labute approximate surface area is 153 Å². The lowest BCUT2D eigenvalue weighted by molar-refractivity contribution is -0.119. The number of hydrogen-bond donors (Lipinski definition) is 1. The quantitative estimate of drug-likeness (QED) is 0.829. The molecule has 0 unspecified atom stereocenters. The summed E-state index contributed by atoms with van der Waals surface area (Å²) in [5, 5.41) is 7.96. The van der Waals surface area contributed by atoms with E-state index in [2.05, 4.69) is 15.4 Å². The van der Waals surface area contributed by atoms with Gasteiger partial charge in [-0.3, -0.25) is 4.79 Å². The molecule has 1 amide bonds. The van der Waals surface area contributed by atoms with Crippen LogP contribution in [0.2, 0.25) is 0 Å². The summed E-state index contributed by atoms with van der Waals surface area (Å²) >= 11 is 0. The van der Waals surface area contributed by atoms with E-state index in [-0.39, 0.29) is 17.7 Å². The number of sulfonamides is 1. The van der Waals surface area contributed by atoms with Crippen molar-refractivity contribution in [2.24, 2.45) is 0 Å². The van der Waals surface area contributed by atoms with Crippen molar-refractivity contribution in [2.45, 2.75) is 52.1 Å². The van der Waals surface area contributed by atoms with Crippen molar-refractivity contribution in [3.05, 3.63) is 18.5 Å². The van der Waals surface area contributed by atoms with Gasteiger partial charge in [0, 0.05) is 18.0 Å². The third-order valence-electron chi connectivity index (χ3n) is 4.52. The lowest BCUT2D eigenvalue weighted by Gasteiger charge is -2.23. The molecule has 0 saturated carbocycles. The zero-order valence-corrected chi connectivity index (χ0v) is 16.2. The molecular formula is C17H25N5O3S. The van der Waals surface area contributed by atoms with Crippen molar-refractivity contribution in [1.82, 2.24) is 19.1 Å². The normalized spacial score (nSPS) is 18.7. The summed E-state index contributed by atoms with van der Waals surface area (Å²) in [5.41, 5.74) is 1.30. The second-order valence-corrected chi connectivity index (χ2v) is 8.93. The Morgan fingerprint density at radius 1 is 1.38 bits per heavy atom. The van der Waals surface area contributed by atoms with Crippen LogP contribution in [0.4, 0.5) is 5.69 Å². The molecule has 1 aliphatic heterocycles. The van der Waals surface area contributed by atoms with E-state index in [0.29, 0.717) is 31.5 Å². The molecule has 3 rings (SSSR count). The fraction of sp³-hybridized carbons (Fsp3) is 0.588. The van der Waals surface area contributed by atoms with Crippen molar-refractivity contribution >= 4 is 32.7 Å². The van der Waals surface area contributed by atoms with E-state index < -0.39 is 16.1 Å². The Morgan fingerprint density at radius 3 is 2.85 bits per heavy atom. The van der Waals surface area contributed by atoms with E-state index in [9.17, 15) is 13.2 Å². The molecule has 0 radical (unpaired) electrons. The van der Waals surface area contributed by atoms with Crippen LogP contribution in [0.25, 0.3) is 11.0 Å². The largest absolute Gasteiger partial charge is 0.323 e. The Bertz CT molecular complexity index is 906. The number of aromatic nitrogens is 3. The first-order valence-corrected chi connectivity index (χ1v) is 10.6. The summed E-state index contributed by atoms with van der Waals surface area (Å²) in [6.45, 7) is 6.27. The van der Waals surface area contributed by atoms with Gasteiger partial charge in [-0.2, -0.15) is 9.40 Å². The first-order chi connectivity index (χ1) is 12.3. The van der Waals surface area contributed by atoms with Gasteiger partial charge in [-0.25, -0.2) is 18.1 Å². The van der Waals surface area contributed by atoms with Crippen molar-refractivity contribution in [1.29, 1.82) is 0 Å². The van der Waals surface area contributed by atoms with E-state index in [0.717, 1.165) is 11.0 Å². The van der Waals surface area contributed by atoms with Gasteiger partial charge in [-0.1, -0.05) is 6.92 Å². The minimum absolute atomic E-state index is 0.0681. The van der Waals surface area contributed by atoms with Gasteiger partial charge in [-0.15, -0.1) is 0 Å². The van der Waals surface area contributed by atoms with Gasteiger partial charge in [-0.05, 0) is 39.2 Å². The minimum Gasteiger partial charge on any atom is -0.323 e. The lowest BCUT2D eigenvalue weighted by atomic mass is 10.2. The molecule has 2 aromatic heterocycles. The number of carbonyl (C=O) groups excluding carboxylic acids is 1. The van der Waals surface area contributed by atoms with Crippen LogP contribution in [-0.4, -0.2) is 51.7 Å². The highest BCUT2D eigenvalue weighted by Crippen LogP contribution is 2.24. The van der Waals surface area contributed by atoms with Crippen LogP contribution in [0.1, 0.15) is 46.1 Å². The number of hydrogen-bond acceptors (Lipinski definition) is 5. The van der Waals surface area contributed by atoms with Crippen LogP contribution in [0.5, 0.6) is 0 Å². The predicted molar refractivity (Wildman–Crippen MR) is 100 cm³/mol. The molecule has 0 aliphatic carbocycles. The maximum absolute atomic E-state index is 12.7. The number of nitrogens with one attached hydrogen (secondary N) is 1. The van der Waals surface area contributed by atoms with E-state index in [1.807, 2.05) is 31.5 Å². The molecule has 3 heterocycles. The Hall–Kier alpha value is -2.00. The summed E-state index contributed by atoms with van der Waals surface area (Å²) in [6.07, 6.45) is 5.06. The first-order valence-electron chi connectivity index (χ1n) is 8.97. The highest BCUT2D eigenvalue weighted by molar-refractivity contribution is 7.89. The van der Waals surface area contributed by atoms with Gasteiger partial charge in [0.15, 0.2) is 5.65 Å². The molecule has 1 aliphatic rings. The first kappa shape index (κ1) is 18.8. The summed E-state index contributed by atoms with van der Waals surface area (Å²) in [6, 6.07) is 1.35. The molecule has 142 valence electrons. The molecule has 1 atom stereocenters. The van der Waals surface area contributed by atoms with Crippen molar-refractivity contribution in [3.63, 3.8) is 0 Å². The van der Waals surface area contributed by atoms with Gasteiger partial charge in [0.2, 0.25) is 15.9 Å². The smallest absolute Gasteiger partial charge is 0.242 e. The van der Waals surface area contributed by atoms with Gasteiger partial charge in [0.05, 0.1) is 23.8 Å². The average molecular weight is 379 g/mol. The number of amides is 1. The number of carbonyl (C=O) groups is 1. The monoisotopic (exact) mass is 379 g/mol. The Balaban J connectivity index is 1.78. The zero-order valence-electron chi connectivity index (χ0n) is 15.3. The SMILES string of the molecule is CCCS(=O)(=O)N1CCC[C@H]1C(=O)Nc1cnc2c(cnn2C(C)C)c1. The second-order valence-electron chi connectivity index (χ2n) is 6.89. The van der Waals surface area contributed by atoms with Crippen LogP contribution in [0.15, 0.2) is 18.5 Å². The highest BCUT2D eigenvalue weighted by Gasteiger charge is 2.38. The van der Waals surface area contributed by atoms with Crippen molar-refractivity contribution in [3.8, 4) is 0 Å². The molecule has 1 saturated heterocycles. The van der Waals surface area contributed by atoms with Crippen molar-refractivity contribution < 1.29 is 13.2 Å². The summed E-state index contributed by atoms with van der Waals surface area (Å²) in [5.74, 6) is -0.238. The molecule has 26 heavy (non-hydrogen) atoms. The lowest BCUT2D eigenvalue weighted by Crippen LogP contribution is -2.44. The number of pyridine rings is 1. The van der Waals surface area contributed by atoms with Crippen LogP contribution in [-0.2, 0) is 14.8 Å². The van der Waals surface area contributed by atoms with Gasteiger partial charge >= 0.3 is 0 Å². The van der Waals surface area contributed by atoms with Crippen LogP contribution >= 0.6 is 0 Å². The summed E-state index contributed by atoms with van der Waals surface area (Å²) in [4.78, 5) is 17.1. The molecule has 0 bridgehead atoms. The van der Waals surface area contributed by atoms with E-state index >= 15 is 0 Å². The molecule has 0 spiro atoms. The third-order valence-corrected chi connectivity index (χ3v) is 6.59. The van der Waals surface area contributed by atoms with E-state index in [1.165, 1.54) is 4.31 Å². The zero-order chi connectivity index (χ0) is 18.9. The highest BCUT2D eigenvalue weighted by atomic mass is 32.2. The van der Waals surface area contributed by atoms with Crippen molar-refractivity contribution in [2.75, 3.05) is 17.6 Å². The number of anilines is 1. The number of fused-ring (bicyclic) bond motifs is 1.